The van der Waals surface area contributed by atoms with Crippen molar-refractivity contribution < 1.29 is 27.8 Å². The second-order valence-electron chi connectivity index (χ2n) is 7.45. The summed E-state index contributed by atoms with van der Waals surface area (Å²) in [4.78, 5) is 24.7. The number of esters is 2. The molecule has 35 heavy (non-hydrogen) atoms. The van der Waals surface area contributed by atoms with Gasteiger partial charge < -0.3 is 14.8 Å². The lowest BCUT2D eigenvalue weighted by Gasteiger charge is -2.15. The van der Waals surface area contributed by atoms with Crippen LogP contribution in [-0.4, -0.2) is 41.6 Å². The molecule has 0 atom stereocenters. The minimum Gasteiger partial charge on any atom is -0.465 e. The number of aromatic nitrogens is 3. The lowest BCUT2D eigenvalue weighted by molar-refractivity contribution is 0.0591. The Balaban J connectivity index is 1.72. The predicted molar refractivity (Wildman–Crippen MR) is 124 cm³/mol. The highest BCUT2D eigenvalue weighted by Crippen LogP contribution is 2.29. The molecular formula is C25H20F2N4O4. The Morgan fingerprint density at radius 3 is 2.20 bits per heavy atom. The first-order valence-corrected chi connectivity index (χ1v) is 10.4. The number of nitrogens with zero attached hydrogens (tertiary/aromatic N) is 2. The van der Waals surface area contributed by atoms with E-state index in [2.05, 4.69) is 20.7 Å². The molecule has 4 rings (SSSR count). The van der Waals surface area contributed by atoms with E-state index in [0.717, 1.165) is 12.1 Å². The quantitative estimate of drug-likeness (QED) is 0.374. The summed E-state index contributed by atoms with van der Waals surface area (Å²) in [6.07, 6.45) is 1.55. The van der Waals surface area contributed by atoms with Crippen LogP contribution >= 0.6 is 0 Å². The van der Waals surface area contributed by atoms with Crippen LogP contribution in [0, 0.1) is 11.6 Å². The molecule has 178 valence electrons. The SMILES string of the molecule is COC(=O)c1ccc(-c2cn[nH]n2)cc1CNc1cc(-c2ccc(F)c(F)c2)ccc1C(=O)OC. The molecule has 8 nitrogen and oxygen atoms in total. The van der Waals surface area contributed by atoms with Gasteiger partial charge in [-0.25, -0.2) is 18.4 Å². The molecule has 4 aromatic rings. The first-order chi connectivity index (χ1) is 16.9. The van der Waals surface area contributed by atoms with Gasteiger partial charge >= 0.3 is 11.9 Å². The fraction of sp³-hybridized carbons (Fsp3) is 0.120. The van der Waals surface area contributed by atoms with Crippen LogP contribution in [0.1, 0.15) is 26.3 Å². The summed E-state index contributed by atoms with van der Waals surface area (Å²) in [6, 6.07) is 13.4. The van der Waals surface area contributed by atoms with Gasteiger partial charge in [0.1, 0.15) is 5.69 Å². The number of rotatable bonds is 7. The number of hydrogen-bond donors (Lipinski definition) is 2. The van der Waals surface area contributed by atoms with Crippen LogP contribution in [0.25, 0.3) is 22.4 Å². The van der Waals surface area contributed by atoms with Gasteiger partial charge in [0.15, 0.2) is 11.6 Å². The van der Waals surface area contributed by atoms with Crippen molar-refractivity contribution in [3.8, 4) is 22.4 Å². The highest BCUT2D eigenvalue weighted by atomic mass is 19.2. The van der Waals surface area contributed by atoms with Gasteiger partial charge in [0.2, 0.25) is 0 Å². The van der Waals surface area contributed by atoms with E-state index >= 15 is 0 Å². The highest BCUT2D eigenvalue weighted by molar-refractivity contribution is 5.97. The van der Waals surface area contributed by atoms with Crippen molar-refractivity contribution in [3.63, 3.8) is 0 Å². The summed E-state index contributed by atoms with van der Waals surface area (Å²) >= 11 is 0. The number of halogens is 2. The number of aromatic amines is 1. The molecule has 2 N–H and O–H groups in total. The summed E-state index contributed by atoms with van der Waals surface area (Å²) in [5, 5.41) is 13.6. The number of anilines is 1. The summed E-state index contributed by atoms with van der Waals surface area (Å²) in [7, 11) is 2.54. The number of H-pyrrole nitrogens is 1. The molecular weight excluding hydrogens is 458 g/mol. The van der Waals surface area contributed by atoms with E-state index in [1.54, 1.807) is 36.5 Å². The number of benzene rings is 3. The van der Waals surface area contributed by atoms with Crippen LogP contribution < -0.4 is 5.32 Å². The average molecular weight is 478 g/mol. The standard InChI is InChI=1S/C25H20F2N4O4/c1-34-24(32)18-6-4-16(23-13-29-31-30-23)9-17(18)12-28-22-11-15(3-7-19(22)25(33)35-2)14-5-8-20(26)21(27)10-14/h3-11,13,28H,12H2,1-2H3,(H,29,30,31). The largest absolute Gasteiger partial charge is 0.465 e. The third-order valence-corrected chi connectivity index (χ3v) is 5.37. The number of nitrogens with one attached hydrogen (secondary N) is 2. The number of carbonyl (C=O) groups excluding carboxylic acids is 2. The third-order valence-electron chi connectivity index (χ3n) is 5.37. The fourth-order valence-electron chi connectivity index (χ4n) is 3.57. The monoisotopic (exact) mass is 478 g/mol. The second kappa shape index (κ2) is 10.1. The van der Waals surface area contributed by atoms with Crippen LogP contribution in [0.15, 0.2) is 60.8 Å². The van der Waals surface area contributed by atoms with Crippen molar-refractivity contribution in [3.05, 3.63) is 89.1 Å². The molecule has 0 saturated carbocycles. The number of carbonyl (C=O) groups is 2. The third kappa shape index (κ3) is 5.01. The maximum absolute atomic E-state index is 13.8. The maximum atomic E-state index is 13.8. The highest BCUT2D eigenvalue weighted by Gasteiger charge is 2.17. The van der Waals surface area contributed by atoms with E-state index in [-0.39, 0.29) is 12.1 Å². The number of ether oxygens (including phenoxy) is 2. The second-order valence-corrected chi connectivity index (χ2v) is 7.45. The topological polar surface area (TPSA) is 106 Å². The molecule has 0 bridgehead atoms. The molecule has 0 aliphatic rings. The smallest absolute Gasteiger partial charge is 0.339 e. The molecule has 0 unspecified atom stereocenters. The van der Waals surface area contributed by atoms with Crippen LogP contribution in [0.3, 0.4) is 0 Å². The van der Waals surface area contributed by atoms with Gasteiger partial charge in [-0.05, 0) is 53.1 Å². The Morgan fingerprint density at radius 2 is 1.51 bits per heavy atom. The van der Waals surface area contributed by atoms with E-state index in [1.807, 2.05) is 0 Å². The summed E-state index contributed by atoms with van der Waals surface area (Å²) in [6.45, 7) is 0.126. The normalized spacial score (nSPS) is 10.6. The molecule has 0 amide bonds. The van der Waals surface area contributed by atoms with Gasteiger partial charge in [0, 0.05) is 17.8 Å². The molecule has 3 aromatic carbocycles. The fourth-order valence-corrected chi connectivity index (χ4v) is 3.57. The molecule has 1 heterocycles. The van der Waals surface area contributed by atoms with Gasteiger partial charge in [-0.2, -0.15) is 15.4 Å². The Morgan fingerprint density at radius 1 is 0.857 bits per heavy atom. The van der Waals surface area contributed by atoms with Crippen molar-refractivity contribution in [2.24, 2.45) is 0 Å². The van der Waals surface area contributed by atoms with Gasteiger partial charge in [-0.15, -0.1) is 0 Å². The van der Waals surface area contributed by atoms with Crippen molar-refractivity contribution in [1.82, 2.24) is 15.4 Å². The van der Waals surface area contributed by atoms with E-state index in [9.17, 15) is 18.4 Å². The summed E-state index contributed by atoms with van der Waals surface area (Å²) in [5.74, 6) is -3.06. The van der Waals surface area contributed by atoms with Crippen molar-refractivity contribution >= 4 is 17.6 Å². The van der Waals surface area contributed by atoms with Gasteiger partial charge in [-0.3, -0.25) is 0 Å². The lowest BCUT2D eigenvalue weighted by Crippen LogP contribution is -2.12. The minimum absolute atomic E-state index is 0.126. The summed E-state index contributed by atoms with van der Waals surface area (Å²) in [5.41, 5.74) is 3.77. The van der Waals surface area contributed by atoms with Crippen molar-refractivity contribution in [1.29, 1.82) is 0 Å². The van der Waals surface area contributed by atoms with Crippen molar-refractivity contribution in [2.75, 3.05) is 19.5 Å². The van der Waals surface area contributed by atoms with E-state index in [1.165, 1.54) is 26.4 Å². The minimum atomic E-state index is -0.985. The lowest BCUT2D eigenvalue weighted by atomic mass is 10.0. The first kappa shape index (κ1) is 23.6. The summed E-state index contributed by atoms with van der Waals surface area (Å²) < 4.78 is 36.9. The molecule has 0 fully saturated rings. The van der Waals surface area contributed by atoms with Crippen LogP contribution in [-0.2, 0) is 16.0 Å². The molecule has 0 spiro atoms. The van der Waals surface area contributed by atoms with Gasteiger partial charge in [-0.1, -0.05) is 18.2 Å². The van der Waals surface area contributed by atoms with Gasteiger partial charge in [0.05, 0.1) is 31.5 Å². The molecule has 10 heteroatoms. The van der Waals surface area contributed by atoms with Crippen LogP contribution in [0.4, 0.5) is 14.5 Å². The molecule has 0 saturated heterocycles. The zero-order chi connectivity index (χ0) is 24.9. The van der Waals surface area contributed by atoms with Gasteiger partial charge in [0.25, 0.3) is 0 Å². The Labute approximate surface area is 198 Å². The average Bonchev–Trinajstić information content (AvgIpc) is 3.43. The Kier molecular flexibility index (Phi) is 6.81. The zero-order valence-corrected chi connectivity index (χ0v) is 18.8. The molecule has 0 aliphatic heterocycles. The first-order valence-electron chi connectivity index (χ1n) is 10.4. The number of hydrogen-bond acceptors (Lipinski definition) is 7. The Hall–Kier alpha value is -4.60. The maximum Gasteiger partial charge on any atom is 0.339 e. The van der Waals surface area contributed by atoms with Crippen LogP contribution in [0.5, 0.6) is 0 Å². The van der Waals surface area contributed by atoms with E-state index < -0.39 is 23.6 Å². The van der Waals surface area contributed by atoms with E-state index in [4.69, 9.17) is 9.47 Å². The molecule has 0 aliphatic carbocycles. The predicted octanol–water partition coefficient (Wildman–Crippen LogP) is 4.60. The van der Waals surface area contributed by atoms with Crippen molar-refractivity contribution in [2.45, 2.75) is 6.54 Å². The molecule has 0 radical (unpaired) electrons. The van der Waals surface area contributed by atoms with Crippen LogP contribution in [0.2, 0.25) is 0 Å². The molecule has 1 aromatic heterocycles. The number of methoxy groups -OCH3 is 2. The Bertz CT molecular complexity index is 1390. The van der Waals surface area contributed by atoms with E-state index in [0.29, 0.717) is 39.2 Å². The zero-order valence-electron chi connectivity index (χ0n) is 18.8.